The van der Waals surface area contributed by atoms with Crippen molar-refractivity contribution in [1.29, 1.82) is 5.26 Å². The summed E-state index contributed by atoms with van der Waals surface area (Å²) in [4.78, 5) is 4.20. The first kappa shape index (κ1) is 16.6. The van der Waals surface area contributed by atoms with Gasteiger partial charge in [0.2, 0.25) is 5.95 Å². The van der Waals surface area contributed by atoms with E-state index in [9.17, 15) is 0 Å². The molecule has 0 saturated carbocycles. The number of hydrogen-bond donors (Lipinski definition) is 2. The number of rotatable bonds is 5. The fourth-order valence-corrected chi connectivity index (χ4v) is 3.06. The molecule has 2 aromatic carbocycles. The molecular formula is C21H18N6. The maximum absolute atomic E-state index is 8.95. The van der Waals surface area contributed by atoms with E-state index in [1.54, 1.807) is 4.52 Å². The third-order valence-corrected chi connectivity index (χ3v) is 4.40. The first-order valence-electron chi connectivity index (χ1n) is 8.64. The average Bonchev–Trinajstić information content (AvgIpc) is 3.08. The van der Waals surface area contributed by atoms with Gasteiger partial charge in [-0.2, -0.15) is 10.2 Å². The van der Waals surface area contributed by atoms with E-state index >= 15 is 0 Å². The Labute approximate surface area is 156 Å². The Hall–Kier alpha value is -3.85. The maximum atomic E-state index is 8.95. The minimum Gasteiger partial charge on any atom is -0.381 e. The summed E-state index contributed by atoms with van der Waals surface area (Å²) in [7, 11) is 0. The van der Waals surface area contributed by atoms with Crippen LogP contribution in [0.5, 0.6) is 0 Å². The van der Waals surface area contributed by atoms with Crippen LogP contribution in [0.3, 0.4) is 0 Å². The summed E-state index contributed by atoms with van der Waals surface area (Å²) in [5.41, 5.74) is 11.6. The minimum absolute atomic E-state index is 0.263. The van der Waals surface area contributed by atoms with E-state index in [2.05, 4.69) is 45.7 Å². The molecule has 6 heteroatoms. The van der Waals surface area contributed by atoms with Gasteiger partial charge in [0.15, 0.2) is 5.65 Å². The summed E-state index contributed by atoms with van der Waals surface area (Å²) in [6.45, 7) is 0.684. The van der Waals surface area contributed by atoms with Crippen LogP contribution >= 0.6 is 0 Å². The van der Waals surface area contributed by atoms with Gasteiger partial charge in [-0.25, -0.2) is 4.52 Å². The molecule has 2 aromatic heterocycles. The number of pyridine rings is 1. The third kappa shape index (κ3) is 3.44. The van der Waals surface area contributed by atoms with Crippen LogP contribution in [-0.2, 0) is 13.0 Å². The highest BCUT2D eigenvalue weighted by atomic mass is 15.3. The van der Waals surface area contributed by atoms with Crippen LogP contribution in [0.1, 0.15) is 11.1 Å². The largest absolute Gasteiger partial charge is 0.381 e. The zero-order valence-electron chi connectivity index (χ0n) is 14.6. The summed E-state index contributed by atoms with van der Waals surface area (Å²) < 4.78 is 1.75. The molecule has 0 atom stereocenters. The van der Waals surface area contributed by atoms with Crippen molar-refractivity contribution in [2.24, 2.45) is 0 Å². The lowest BCUT2D eigenvalue weighted by atomic mass is 10.1. The molecular weight excluding hydrogens is 336 g/mol. The zero-order chi connectivity index (χ0) is 18.6. The van der Waals surface area contributed by atoms with Crippen molar-refractivity contribution in [2.75, 3.05) is 11.1 Å². The highest BCUT2D eigenvalue weighted by Gasteiger charge is 2.07. The molecule has 3 N–H and O–H groups in total. The van der Waals surface area contributed by atoms with Crippen LogP contribution in [-0.4, -0.2) is 14.6 Å². The highest BCUT2D eigenvalue weighted by molar-refractivity contribution is 5.64. The molecule has 132 valence electrons. The van der Waals surface area contributed by atoms with Crippen molar-refractivity contribution in [3.63, 3.8) is 0 Å². The van der Waals surface area contributed by atoms with E-state index in [0.29, 0.717) is 13.0 Å². The predicted octanol–water partition coefficient (Wildman–Crippen LogP) is 3.66. The monoisotopic (exact) mass is 354 g/mol. The van der Waals surface area contributed by atoms with E-state index < -0.39 is 0 Å². The summed E-state index contributed by atoms with van der Waals surface area (Å²) in [5, 5.41) is 16.6. The maximum Gasteiger partial charge on any atom is 0.240 e. The van der Waals surface area contributed by atoms with Crippen molar-refractivity contribution in [2.45, 2.75) is 13.0 Å². The van der Waals surface area contributed by atoms with Gasteiger partial charge in [-0.15, -0.1) is 5.10 Å². The molecule has 0 aliphatic rings. The van der Waals surface area contributed by atoms with Crippen LogP contribution in [0, 0.1) is 11.3 Å². The lowest BCUT2D eigenvalue weighted by molar-refractivity contribution is 0.976. The molecule has 0 aliphatic carbocycles. The van der Waals surface area contributed by atoms with Crippen molar-refractivity contribution < 1.29 is 0 Å². The van der Waals surface area contributed by atoms with Gasteiger partial charge in [0.1, 0.15) is 0 Å². The highest BCUT2D eigenvalue weighted by Crippen LogP contribution is 2.22. The van der Waals surface area contributed by atoms with Gasteiger partial charge in [-0.1, -0.05) is 48.5 Å². The van der Waals surface area contributed by atoms with Gasteiger partial charge in [-0.3, -0.25) is 0 Å². The Morgan fingerprint density at radius 2 is 1.81 bits per heavy atom. The van der Waals surface area contributed by atoms with Crippen LogP contribution < -0.4 is 11.1 Å². The Balaban J connectivity index is 1.54. The number of para-hydroxylation sites is 1. The topological polar surface area (TPSA) is 92.0 Å². The number of nitrogens with two attached hydrogens (primary N) is 1. The quantitative estimate of drug-likeness (QED) is 0.571. The second-order valence-corrected chi connectivity index (χ2v) is 6.19. The normalized spacial score (nSPS) is 10.6. The van der Waals surface area contributed by atoms with Gasteiger partial charge >= 0.3 is 0 Å². The van der Waals surface area contributed by atoms with Gasteiger partial charge in [0, 0.05) is 17.8 Å². The Morgan fingerprint density at radius 1 is 1.00 bits per heavy atom. The fraction of sp³-hybridized carbons (Fsp3) is 0.0952. The molecule has 0 bridgehead atoms. The van der Waals surface area contributed by atoms with Crippen LogP contribution in [0.25, 0.3) is 16.9 Å². The number of nitriles is 1. The SMILES string of the molecule is N#CCc1ccccc1NCc1ccc(-c2cccc3nc(N)nn23)cc1. The number of aromatic nitrogens is 3. The molecule has 0 saturated heterocycles. The third-order valence-electron chi connectivity index (χ3n) is 4.40. The van der Waals surface area contributed by atoms with Crippen molar-refractivity contribution >= 4 is 17.3 Å². The molecule has 0 unspecified atom stereocenters. The average molecular weight is 354 g/mol. The number of benzene rings is 2. The molecule has 4 rings (SSSR count). The molecule has 0 aliphatic heterocycles. The van der Waals surface area contributed by atoms with E-state index in [1.807, 2.05) is 42.5 Å². The Morgan fingerprint density at radius 3 is 2.63 bits per heavy atom. The zero-order valence-corrected chi connectivity index (χ0v) is 14.6. The first-order valence-corrected chi connectivity index (χ1v) is 8.64. The smallest absolute Gasteiger partial charge is 0.240 e. The predicted molar refractivity (Wildman–Crippen MR) is 106 cm³/mol. The number of hydrogen-bond acceptors (Lipinski definition) is 5. The van der Waals surface area contributed by atoms with Gasteiger partial charge in [0.05, 0.1) is 18.2 Å². The summed E-state index contributed by atoms with van der Waals surface area (Å²) in [5.74, 6) is 0.263. The summed E-state index contributed by atoms with van der Waals surface area (Å²) in [6.07, 6.45) is 0.396. The van der Waals surface area contributed by atoms with Gasteiger partial charge in [-0.05, 0) is 29.3 Å². The molecule has 4 aromatic rings. The number of nitrogens with zero attached hydrogens (tertiary/aromatic N) is 4. The van der Waals surface area contributed by atoms with Gasteiger partial charge < -0.3 is 11.1 Å². The Kier molecular flexibility index (Phi) is 4.42. The van der Waals surface area contributed by atoms with E-state index in [4.69, 9.17) is 11.0 Å². The molecule has 0 amide bonds. The molecule has 0 radical (unpaired) electrons. The van der Waals surface area contributed by atoms with E-state index in [-0.39, 0.29) is 5.95 Å². The van der Waals surface area contributed by atoms with Crippen molar-refractivity contribution in [3.05, 3.63) is 77.9 Å². The van der Waals surface area contributed by atoms with Gasteiger partial charge in [0.25, 0.3) is 0 Å². The van der Waals surface area contributed by atoms with Crippen LogP contribution in [0.15, 0.2) is 66.7 Å². The molecule has 0 fully saturated rings. The molecule has 27 heavy (non-hydrogen) atoms. The number of nitrogens with one attached hydrogen (secondary N) is 1. The number of fused-ring (bicyclic) bond motifs is 1. The van der Waals surface area contributed by atoms with E-state index in [1.165, 1.54) is 0 Å². The molecule has 2 heterocycles. The first-order chi connectivity index (χ1) is 13.2. The second-order valence-electron chi connectivity index (χ2n) is 6.19. The fourth-order valence-electron chi connectivity index (χ4n) is 3.06. The summed E-state index contributed by atoms with van der Waals surface area (Å²) in [6, 6.07) is 24.2. The van der Waals surface area contributed by atoms with E-state index in [0.717, 1.165) is 33.7 Å². The lowest BCUT2D eigenvalue weighted by Crippen LogP contribution is -2.02. The molecule has 0 spiro atoms. The second kappa shape index (κ2) is 7.18. The standard InChI is InChI=1S/C21H18N6/c22-13-12-16-4-1-2-5-18(16)24-14-15-8-10-17(11-9-15)19-6-3-7-20-25-21(23)26-27(19)20/h1-11,24H,12,14H2,(H2,23,26). The minimum atomic E-state index is 0.263. The Bertz CT molecular complexity index is 1120. The van der Waals surface area contributed by atoms with Crippen LogP contribution in [0.4, 0.5) is 11.6 Å². The number of anilines is 2. The van der Waals surface area contributed by atoms with Crippen LogP contribution in [0.2, 0.25) is 0 Å². The van der Waals surface area contributed by atoms with Crippen molar-refractivity contribution in [3.8, 4) is 17.3 Å². The lowest BCUT2D eigenvalue weighted by Gasteiger charge is -2.11. The number of nitrogen functional groups attached to an aromatic ring is 1. The van der Waals surface area contributed by atoms with Crippen molar-refractivity contribution in [1.82, 2.24) is 14.6 Å². The summed E-state index contributed by atoms with van der Waals surface area (Å²) >= 11 is 0. The molecule has 6 nitrogen and oxygen atoms in total.